The molecule has 8 heteroatoms. The Morgan fingerprint density at radius 1 is 1.05 bits per heavy atom. The Kier molecular flexibility index (Phi) is 4.96. The van der Waals surface area contributed by atoms with Crippen molar-refractivity contribution in [2.45, 2.75) is 30.7 Å². The van der Waals surface area contributed by atoms with Crippen LogP contribution in [-0.2, 0) is 20.0 Å². The minimum absolute atomic E-state index is 0.230. The van der Waals surface area contributed by atoms with Crippen LogP contribution in [0, 0.1) is 0 Å². The van der Waals surface area contributed by atoms with Crippen LogP contribution in [0.1, 0.15) is 31.4 Å². The summed E-state index contributed by atoms with van der Waals surface area (Å²) in [6.07, 6.45) is 2.93. The molecule has 1 aliphatic heterocycles. The molecule has 22 heavy (non-hydrogen) atoms. The molecule has 0 N–H and O–H groups in total. The maximum atomic E-state index is 12.5. The fraction of sp³-hybridized carbons (Fsp3) is 0.571. The van der Waals surface area contributed by atoms with Crippen molar-refractivity contribution in [3.63, 3.8) is 0 Å². The van der Waals surface area contributed by atoms with Crippen molar-refractivity contribution in [1.82, 2.24) is 8.61 Å². The van der Waals surface area contributed by atoms with Crippen LogP contribution in [0.2, 0.25) is 0 Å². The molecule has 1 fully saturated rings. The van der Waals surface area contributed by atoms with Gasteiger partial charge in [-0.25, -0.2) is 8.42 Å². The third kappa shape index (κ3) is 3.51. The summed E-state index contributed by atoms with van der Waals surface area (Å²) in [7, 11) is -5.16. The molecule has 0 radical (unpaired) electrons. The lowest BCUT2D eigenvalue weighted by Gasteiger charge is -2.29. The SMILES string of the molecule is C[C@@H](c1ccc(S(C)(=O)=O)cc1)N(C)S(=O)(=O)N1CCCC1. The first-order valence-electron chi connectivity index (χ1n) is 7.17. The van der Waals surface area contributed by atoms with Gasteiger partial charge in [0.25, 0.3) is 10.2 Å². The maximum absolute atomic E-state index is 12.5. The number of sulfone groups is 1. The largest absolute Gasteiger partial charge is 0.282 e. The molecule has 0 spiro atoms. The molecule has 1 aromatic rings. The number of rotatable bonds is 5. The molecule has 0 aromatic heterocycles. The molecular weight excluding hydrogens is 324 g/mol. The zero-order valence-electron chi connectivity index (χ0n) is 13.1. The highest BCUT2D eigenvalue weighted by atomic mass is 32.2. The van der Waals surface area contributed by atoms with E-state index in [1.54, 1.807) is 26.1 Å². The third-order valence-electron chi connectivity index (χ3n) is 4.09. The van der Waals surface area contributed by atoms with Gasteiger partial charge in [0.05, 0.1) is 4.90 Å². The van der Waals surface area contributed by atoms with E-state index in [1.807, 2.05) is 0 Å². The molecule has 1 aromatic carbocycles. The molecule has 1 atom stereocenters. The van der Waals surface area contributed by atoms with E-state index in [1.165, 1.54) is 20.7 Å². The summed E-state index contributed by atoms with van der Waals surface area (Å²) >= 11 is 0. The Balaban J connectivity index is 2.21. The second-order valence-electron chi connectivity index (χ2n) is 5.65. The minimum Gasteiger partial charge on any atom is -0.224 e. The lowest BCUT2D eigenvalue weighted by atomic mass is 10.1. The van der Waals surface area contributed by atoms with E-state index in [-0.39, 0.29) is 10.9 Å². The van der Waals surface area contributed by atoms with E-state index >= 15 is 0 Å². The highest BCUT2D eigenvalue weighted by molar-refractivity contribution is 7.90. The second kappa shape index (κ2) is 6.27. The van der Waals surface area contributed by atoms with E-state index in [2.05, 4.69) is 0 Å². The molecule has 1 aliphatic rings. The zero-order valence-corrected chi connectivity index (χ0v) is 14.7. The second-order valence-corrected chi connectivity index (χ2v) is 9.65. The minimum atomic E-state index is -3.48. The van der Waals surface area contributed by atoms with Crippen LogP contribution in [-0.4, -0.2) is 51.8 Å². The number of nitrogens with zero attached hydrogens (tertiary/aromatic N) is 2. The Morgan fingerprint density at radius 2 is 1.55 bits per heavy atom. The summed E-state index contributed by atoms with van der Waals surface area (Å²) in [5, 5.41) is 0. The number of benzene rings is 1. The van der Waals surface area contributed by atoms with Crippen molar-refractivity contribution in [2.75, 3.05) is 26.4 Å². The Morgan fingerprint density at radius 3 is 2.00 bits per heavy atom. The van der Waals surface area contributed by atoms with Crippen molar-refractivity contribution in [1.29, 1.82) is 0 Å². The van der Waals surface area contributed by atoms with Crippen molar-refractivity contribution in [2.24, 2.45) is 0 Å². The van der Waals surface area contributed by atoms with Gasteiger partial charge in [0.2, 0.25) is 0 Å². The predicted molar refractivity (Wildman–Crippen MR) is 85.5 cm³/mol. The van der Waals surface area contributed by atoms with Gasteiger partial charge in [0, 0.05) is 32.4 Å². The highest BCUT2D eigenvalue weighted by Gasteiger charge is 2.32. The van der Waals surface area contributed by atoms with Crippen LogP contribution in [0.25, 0.3) is 0 Å². The van der Waals surface area contributed by atoms with Gasteiger partial charge in [0.1, 0.15) is 0 Å². The molecule has 0 aliphatic carbocycles. The first-order chi connectivity index (χ1) is 10.1. The number of hydrogen-bond acceptors (Lipinski definition) is 4. The Labute approximate surface area is 132 Å². The van der Waals surface area contributed by atoms with Gasteiger partial charge in [-0.05, 0) is 37.5 Å². The molecule has 1 saturated heterocycles. The number of hydrogen-bond donors (Lipinski definition) is 0. The summed E-state index contributed by atoms with van der Waals surface area (Å²) in [6, 6.07) is 5.99. The fourth-order valence-corrected chi connectivity index (χ4v) is 4.74. The van der Waals surface area contributed by atoms with Gasteiger partial charge < -0.3 is 0 Å². The van der Waals surface area contributed by atoms with Gasteiger partial charge in [0.15, 0.2) is 9.84 Å². The predicted octanol–water partition coefficient (Wildman–Crippen LogP) is 1.42. The summed E-state index contributed by atoms with van der Waals surface area (Å²) in [5.74, 6) is 0. The van der Waals surface area contributed by atoms with E-state index in [0.717, 1.165) is 24.7 Å². The molecule has 0 saturated carbocycles. The summed E-state index contributed by atoms with van der Waals surface area (Å²) in [6.45, 7) is 2.92. The summed E-state index contributed by atoms with van der Waals surface area (Å²) in [5.41, 5.74) is 0.762. The molecule has 1 heterocycles. The monoisotopic (exact) mass is 346 g/mol. The van der Waals surface area contributed by atoms with Gasteiger partial charge >= 0.3 is 0 Å². The molecule has 0 unspecified atom stereocenters. The smallest absolute Gasteiger partial charge is 0.224 e. The van der Waals surface area contributed by atoms with Crippen molar-refractivity contribution >= 4 is 20.0 Å². The molecular formula is C14H22N2O4S2. The third-order valence-corrected chi connectivity index (χ3v) is 7.28. The van der Waals surface area contributed by atoms with Crippen molar-refractivity contribution in [3.05, 3.63) is 29.8 Å². The van der Waals surface area contributed by atoms with Gasteiger partial charge in [-0.1, -0.05) is 12.1 Å². The zero-order chi connectivity index (χ0) is 16.5. The first kappa shape index (κ1) is 17.4. The standard InChI is InChI=1S/C14H22N2O4S2/c1-12(13-6-8-14(9-7-13)21(3,17)18)15(2)22(19,20)16-10-4-5-11-16/h6-9,12H,4-5,10-11H2,1-3H3/t12-/m0/s1. The lowest BCUT2D eigenvalue weighted by molar-refractivity contribution is 0.350. The van der Waals surface area contributed by atoms with Crippen LogP contribution in [0.5, 0.6) is 0 Å². The average molecular weight is 346 g/mol. The van der Waals surface area contributed by atoms with Crippen LogP contribution in [0.15, 0.2) is 29.2 Å². The highest BCUT2D eigenvalue weighted by Crippen LogP contribution is 2.26. The molecule has 2 rings (SSSR count). The van der Waals surface area contributed by atoms with Gasteiger partial charge in [-0.3, -0.25) is 0 Å². The van der Waals surface area contributed by atoms with Gasteiger partial charge in [-0.2, -0.15) is 17.0 Å². The normalized spacial score (nSPS) is 18.7. The Hall–Kier alpha value is -0.960. The molecule has 0 amide bonds. The lowest BCUT2D eigenvalue weighted by Crippen LogP contribution is -2.41. The topological polar surface area (TPSA) is 74.8 Å². The first-order valence-corrected chi connectivity index (χ1v) is 10.5. The van der Waals surface area contributed by atoms with Crippen molar-refractivity contribution < 1.29 is 16.8 Å². The van der Waals surface area contributed by atoms with E-state index < -0.39 is 20.0 Å². The van der Waals surface area contributed by atoms with Gasteiger partial charge in [-0.15, -0.1) is 0 Å². The van der Waals surface area contributed by atoms with E-state index in [0.29, 0.717) is 13.1 Å². The summed E-state index contributed by atoms with van der Waals surface area (Å²) < 4.78 is 50.8. The molecule has 6 nitrogen and oxygen atoms in total. The van der Waals surface area contributed by atoms with E-state index in [4.69, 9.17) is 0 Å². The average Bonchev–Trinajstić information content (AvgIpc) is 3.00. The van der Waals surface area contributed by atoms with Crippen LogP contribution in [0.4, 0.5) is 0 Å². The molecule has 0 bridgehead atoms. The van der Waals surface area contributed by atoms with Crippen LogP contribution in [0.3, 0.4) is 0 Å². The quantitative estimate of drug-likeness (QED) is 0.808. The Bertz CT molecular complexity index is 721. The van der Waals surface area contributed by atoms with Crippen LogP contribution >= 0.6 is 0 Å². The van der Waals surface area contributed by atoms with Crippen LogP contribution < -0.4 is 0 Å². The maximum Gasteiger partial charge on any atom is 0.282 e. The molecule has 124 valence electrons. The summed E-state index contributed by atoms with van der Waals surface area (Å²) in [4.78, 5) is 0.230. The van der Waals surface area contributed by atoms with E-state index in [9.17, 15) is 16.8 Å². The van der Waals surface area contributed by atoms with Crippen molar-refractivity contribution in [3.8, 4) is 0 Å². The fourth-order valence-electron chi connectivity index (χ4n) is 2.50.